The van der Waals surface area contributed by atoms with Crippen LogP contribution in [0.3, 0.4) is 0 Å². The Hall–Kier alpha value is -1.82. The molecule has 1 heterocycles. The van der Waals surface area contributed by atoms with E-state index in [1.54, 1.807) is 0 Å². The molecule has 0 fully saturated rings. The van der Waals surface area contributed by atoms with Gasteiger partial charge in [0.2, 0.25) is 11.4 Å². The van der Waals surface area contributed by atoms with E-state index in [-0.39, 0.29) is 0 Å². The molecule has 0 aromatic heterocycles. The fourth-order valence-electron chi connectivity index (χ4n) is 6.06. The molecule has 0 aliphatic carbocycles. The van der Waals surface area contributed by atoms with Crippen LogP contribution in [0.4, 0.5) is 0 Å². The van der Waals surface area contributed by atoms with Crippen LogP contribution >= 0.6 is 0 Å². The molecular weight excluding hydrogens is 603 g/mol. The van der Waals surface area contributed by atoms with Gasteiger partial charge in [0.05, 0.1) is 0 Å². The van der Waals surface area contributed by atoms with Gasteiger partial charge < -0.3 is 5.53 Å². The summed E-state index contributed by atoms with van der Waals surface area (Å²) in [5.41, 5.74) is 25.9. The third-order valence-electron chi connectivity index (χ3n) is 8.31. The van der Waals surface area contributed by atoms with E-state index < -0.39 is 0 Å². The quantitative estimate of drug-likeness (QED) is 0.0971. The fraction of sp³-hybridized carbons (Fsp3) is 0.590. The van der Waals surface area contributed by atoms with Crippen molar-refractivity contribution in [1.29, 1.82) is 0 Å². The second-order valence-electron chi connectivity index (χ2n) is 11.6. The van der Waals surface area contributed by atoms with E-state index in [1.807, 2.05) is 0 Å². The van der Waals surface area contributed by atoms with Gasteiger partial charge >= 0.3 is 41.6 Å². The van der Waals surface area contributed by atoms with E-state index in [1.165, 1.54) is 71.8 Å². The second-order valence-corrected chi connectivity index (χ2v) is 14.6. The summed E-state index contributed by atoms with van der Waals surface area (Å²) in [6.45, 7) is 20.3. The van der Waals surface area contributed by atoms with Crippen molar-refractivity contribution >= 4 is 11.4 Å². The normalized spacial score (nSPS) is 13.1. The van der Waals surface area contributed by atoms with Gasteiger partial charge in [0.1, 0.15) is 0 Å². The van der Waals surface area contributed by atoms with Crippen LogP contribution in [0, 0.1) is 13.8 Å². The number of hydrogen-bond donors (Lipinski definition) is 0. The van der Waals surface area contributed by atoms with Gasteiger partial charge in [0.25, 0.3) is 0 Å². The summed E-state index contributed by atoms with van der Waals surface area (Å²) in [6.07, 6.45) is 15.7. The van der Waals surface area contributed by atoms with E-state index in [0.29, 0.717) is 0 Å². The molecule has 0 amide bonds. The van der Waals surface area contributed by atoms with E-state index >= 15 is 0 Å². The number of rotatable bonds is 16. The maximum absolute atomic E-state index is 11.8. The average Bonchev–Trinajstić information content (AvgIpc) is 3.30. The number of unbranched alkanes of at least 4 members (excludes halogenated alkanes) is 2. The first kappa shape index (κ1) is 36.4. The van der Waals surface area contributed by atoms with Crippen molar-refractivity contribution in [3.05, 3.63) is 86.0 Å². The van der Waals surface area contributed by atoms with Crippen LogP contribution in [-0.4, -0.2) is 4.70 Å². The third-order valence-corrected chi connectivity index (χ3v) is 9.87. The van der Waals surface area contributed by atoms with Crippen LogP contribution < -0.4 is 0 Å². The molecule has 0 atom stereocenters. The second kappa shape index (κ2) is 19.5. The van der Waals surface area contributed by atoms with E-state index in [2.05, 4.69) is 92.7 Å². The molecule has 2 nitrogen and oxygen atoms in total. The number of benzene rings is 2. The zero-order valence-corrected chi connectivity index (χ0v) is 30.1. The van der Waals surface area contributed by atoms with Crippen LogP contribution in [0.1, 0.15) is 144 Å². The monoisotopic (exact) mass is 662 g/mol. The summed E-state index contributed by atoms with van der Waals surface area (Å²) >= 11 is 1.04. The third kappa shape index (κ3) is 9.86. The minimum atomic E-state index is 0.936. The molecule has 0 saturated carbocycles. The summed E-state index contributed by atoms with van der Waals surface area (Å²) in [5.74, 6) is 0. The predicted molar refractivity (Wildman–Crippen MR) is 182 cm³/mol. The van der Waals surface area contributed by atoms with Crippen molar-refractivity contribution in [2.24, 2.45) is 0 Å². The number of aryl methyl sites for hydroxylation is 4. The average molecular weight is 663 g/mol. The molecule has 3 heteroatoms. The number of allylic oxidation sites excluding steroid dienone is 2. The van der Waals surface area contributed by atoms with Crippen molar-refractivity contribution in [2.45, 2.75) is 149 Å². The van der Waals surface area contributed by atoms with Crippen LogP contribution in [0.15, 0.2) is 35.9 Å². The Labute approximate surface area is 268 Å². The Balaban J connectivity index is 0.00000113. The molecule has 0 spiro atoms. The number of nitrogens with zero attached hydrogens (tertiary/aromatic N) is 2. The molecule has 0 unspecified atom stereocenters. The van der Waals surface area contributed by atoms with E-state index in [0.717, 1.165) is 99.1 Å². The fourth-order valence-corrected chi connectivity index (χ4v) is 6.84. The zero-order valence-electron chi connectivity index (χ0n) is 28.5. The molecule has 2 aromatic carbocycles. The molecular formula is C39H60N2Pd. The molecule has 1 aliphatic heterocycles. The summed E-state index contributed by atoms with van der Waals surface area (Å²) in [6, 6.07) is 9.38. The molecule has 0 bridgehead atoms. The van der Waals surface area contributed by atoms with E-state index in [9.17, 15) is 5.53 Å². The Bertz CT molecular complexity index is 1160. The van der Waals surface area contributed by atoms with Crippen molar-refractivity contribution in [1.82, 2.24) is 0 Å². The summed E-state index contributed by atoms with van der Waals surface area (Å²) in [7, 11) is 0. The first-order chi connectivity index (χ1) is 20.3. The summed E-state index contributed by atoms with van der Waals surface area (Å²) < 4.78 is 1.52. The molecule has 0 saturated heterocycles. The maximum atomic E-state index is 11.8. The predicted octanol–water partition coefficient (Wildman–Crippen LogP) is 12.4. The first-order valence-electron chi connectivity index (χ1n) is 16.9. The van der Waals surface area contributed by atoms with Gasteiger partial charge in [0, 0.05) is 22.8 Å². The molecule has 2 aromatic rings. The van der Waals surface area contributed by atoms with Gasteiger partial charge in [-0.1, -0.05) is 73.1 Å². The van der Waals surface area contributed by atoms with E-state index in [4.69, 9.17) is 0 Å². The molecule has 42 heavy (non-hydrogen) atoms. The van der Waals surface area contributed by atoms with Crippen LogP contribution in [0.25, 0.3) is 16.9 Å². The SMILES string of the molecule is CCCCCC1=C(c2cc(CCC)c(C)c(CCC)c2)[N+](=[N-])C(c2cc(CCC)c(C)c(CCC)c2)=C1.C[CH2][Pd][CH2]C. The van der Waals surface area contributed by atoms with Gasteiger partial charge in [-0.25, -0.2) is 4.70 Å². The zero-order chi connectivity index (χ0) is 31.1. The van der Waals surface area contributed by atoms with Gasteiger partial charge in [-0.15, -0.1) is 0 Å². The van der Waals surface area contributed by atoms with Crippen molar-refractivity contribution in [3.63, 3.8) is 0 Å². The van der Waals surface area contributed by atoms with Crippen LogP contribution in [0.2, 0.25) is 9.79 Å². The van der Waals surface area contributed by atoms with Crippen molar-refractivity contribution in [2.75, 3.05) is 0 Å². The Morgan fingerprint density at radius 1 is 0.571 bits per heavy atom. The Kier molecular flexibility index (Phi) is 16.9. The Morgan fingerprint density at radius 2 is 1.00 bits per heavy atom. The van der Waals surface area contributed by atoms with Gasteiger partial charge in [0.15, 0.2) is 0 Å². The summed E-state index contributed by atoms with van der Waals surface area (Å²) in [4.78, 5) is 2.79. The topological polar surface area (TPSA) is 25.3 Å². The minimum absolute atomic E-state index is 0.936. The first-order valence-corrected chi connectivity index (χ1v) is 19.1. The molecule has 1 aliphatic rings. The molecule has 0 radical (unpaired) electrons. The van der Waals surface area contributed by atoms with Gasteiger partial charge in [-0.3, -0.25) is 0 Å². The summed E-state index contributed by atoms with van der Waals surface area (Å²) in [5, 5.41) is 0. The molecule has 236 valence electrons. The molecule has 3 rings (SSSR count). The van der Waals surface area contributed by atoms with Gasteiger partial charge in [-0.2, -0.15) is 0 Å². The number of hydrogen-bond acceptors (Lipinski definition) is 0. The van der Waals surface area contributed by atoms with Crippen molar-refractivity contribution in [3.8, 4) is 0 Å². The van der Waals surface area contributed by atoms with Crippen LogP contribution in [0.5, 0.6) is 0 Å². The molecule has 0 N–H and O–H groups in total. The van der Waals surface area contributed by atoms with Crippen LogP contribution in [-0.2, 0) is 43.7 Å². The Morgan fingerprint density at radius 3 is 1.36 bits per heavy atom. The van der Waals surface area contributed by atoms with Gasteiger partial charge in [-0.05, 0) is 110 Å². The van der Waals surface area contributed by atoms with Crippen molar-refractivity contribution < 1.29 is 22.7 Å². The standard InChI is InChI=1S/C35H50N2.2C2H5.Pd/c1-8-13-14-19-31-24-34(32-20-27(15-9-2)25(6)28(21-32)16-10-3)37(36)35(31)33-22-29(17-11-4)26(7)30(23-33)18-12-5;2*1-2;/h20-24H,8-19H2,1-7H3;2*1H2,2H3;.